The third-order valence-electron chi connectivity index (χ3n) is 3.22. The molecule has 18 heavy (non-hydrogen) atoms. The maximum absolute atomic E-state index is 11.8. The Kier molecular flexibility index (Phi) is 5.03. The first-order valence-corrected chi connectivity index (χ1v) is 8.31. The summed E-state index contributed by atoms with van der Waals surface area (Å²) in [6.45, 7) is 4.06. The van der Waals surface area contributed by atoms with Crippen molar-refractivity contribution >= 4 is 34.1 Å². The summed E-state index contributed by atoms with van der Waals surface area (Å²) in [5.74, 6) is 0.640. The Labute approximate surface area is 116 Å². The summed E-state index contributed by atoms with van der Waals surface area (Å²) < 4.78 is 0. The molecule has 1 aliphatic rings. The Bertz CT molecular complexity index is 402. The van der Waals surface area contributed by atoms with Crippen LogP contribution in [-0.2, 0) is 4.79 Å². The normalized spacial score (nSPS) is 18.6. The van der Waals surface area contributed by atoms with E-state index >= 15 is 0 Å². The van der Waals surface area contributed by atoms with Crippen molar-refractivity contribution in [3.63, 3.8) is 0 Å². The highest BCUT2D eigenvalue weighted by atomic mass is 32.2. The number of hydrogen-bond acceptors (Lipinski definition) is 5. The van der Waals surface area contributed by atoms with E-state index in [1.807, 2.05) is 19.4 Å². The molecule has 1 aromatic heterocycles. The molecule has 1 saturated heterocycles. The minimum absolute atomic E-state index is 0.0313. The van der Waals surface area contributed by atoms with E-state index in [0.717, 1.165) is 31.1 Å². The topological polar surface area (TPSA) is 54.0 Å². The lowest BCUT2D eigenvalue weighted by Gasteiger charge is -2.20. The molecule has 2 rings (SSSR count). The third-order valence-corrected chi connectivity index (χ3v) is 5.21. The zero-order valence-corrected chi connectivity index (χ0v) is 12.4. The van der Waals surface area contributed by atoms with Gasteiger partial charge in [-0.15, -0.1) is 11.3 Å². The van der Waals surface area contributed by atoms with Crippen LogP contribution in [0.3, 0.4) is 0 Å². The van der Waals surface area contributed by atoms with Crippen molar-refractivity contribution in [1.29, 1.82) is 0 Å². The number of piperidine rings is 1. The Hall–Kier alpha value is -0.590. The zero-order valence-electron chi connectivity index (χ0n) is 10.7. The van der Waals surface area contributed by atoms with Gasteiger partial charge >= 0.3 is 0 Å². The van der Waals surface area contributed by atoms with E-state index in [1.54, 1.807) is 23.1 Å². The van der Waals surface area contributed by atoms with Gasteiger partial charge in [0.25, 0.3) is 0 Å². The molecule has 0 spiro atoms. The average molecular weight is 285 g/mol. The molecular weight excluding hydrogens is 266 g/mol. The third kappa shape index (κ3) is 3.46. The van der Waals surface area contributed by atoms with E-state index in [4.69, 9.17) is 0 Å². The monoisotopic (exact) mass is 285 g/mol. The van der Waals surface area contributed by atoms with Crippen LogP contribution in [0.25, 0.3) is 0 Å². The molecule has 100 valence electrons. The van der Waals surface area contributed by atoms with Gasteiger partial charge in [0, 0.05) is 11.1 Å². The Morgan fingerprint density at radius 3 is 3.00 bits per heavy atom. The molecule has 0 aromatic carbocycles. The van der Waals surface area contributed by atoms with Gasteiger partial charge in [0.15, 0.2) is 5.13 Å². The molecule has 0 saturated carbocycles. The molecule has 6 heteroatoms. The van der Waals surface area contributed by atoms with Gasteiger partial charge in [-0.3, -0.25) is 4.79 Å². The SMILES string of the molecule is CSC(C)C(=O)Nc1ncc(C2CCNCC2)s1. The standard InChI is InChI=1S/C12H19N3OS2/c1-8(17-2)11(16)15-12-14-7-10(18-12)9-3-5-13-6-4-9/h7-9,13H,3-6H2,1-2H3,(H,14,15,16). The number of nitrogens with one attached hydrogen (secondary N) is 2. The molecule has 2 N–H and O–H groups in total. The summed E-state index contributed by atoms with van der Waals surface area (Å²) in [6.07, 6.45) is 6.18. The number of thiazole rings is 1. The number of thioether (sulfide) groups is 1. The first-order valence-electron chi connectivity index (χ1n) is 6.21. The molecule has 1 amide bonds. The summed E-state index contributed by atoms with van der Waals surface area (Å²) >= 11 is 3.16. The van der Waals surface area contributed by atoms with Crippen molar-refractivity contribution in [3.05, 3.63) is 11.1 Å². The van der Waals surface area contributed by atoms with Crippen molar-refractivity contribution in [3.8, 4) is 0 Å². The fraction of sp³-hybridized carbons (Fsp3) is 0.667. The highest BCUT2D eigenvalue weighted by Crippen LogP contribution is 2.31. The van der Waals surface area contributed by atoms with Crippen LogP contribution in [0, 0.1) is 0 Å². The highest BCUT2D eigenvalue weighted by molar-refractivity contribution is 7.99. The molecule has 1 atom stereocenters. The quantitative estimate of drug-likeness (QED) is 0.891. The number of rotatable bonds is 4. The smallest absolute Gasteiger partial charge is 0.238 e. The van der Waals surface area contributed by atoms with Gasteiger partial charge in [0.05, 0.1) is 5.25 Å². The maximum Gasteiger partial charge on any atom is 0.238 e. The van der Waals surface area contributed by atoms with Gasteiger partial charge in [-0.25, -0.2) is 4.98 Å². The number of aromatic nitrogens is 1. The second-order valence-electron chi connectivity index (χ2n) is 4.46. The van der Waals surface area contributed by atoms with Crippen molar-refractivity contribution in [2.45, 2.75) is 30.9 Å². The van der Waals surface area contributed by atoms with E-state index in [0.29, 0.717) is 5.92 Å². The van der Waals surface area contributed by atoms with Gasteiger partial charge in [-0.2, -0.15) is 11.8 Å². The maximum atomic E-state index is 11.8. The number of amides is 1. The van der Waals surface area contributed by atoms with E-state index in [9.17, 15) is 4.79 Å². The second kappa shape index (κ2) is 6.54. The van der Waals surface area contributed by atoms with Crippen molar-refractivity contribution in [2.24, 2.45) is 0 Å². The fourth-order valence-corrected chi connectivity index (χ4v) is 3.21. The predicted molar refractivity (Wildman–Crippen MR) is 78.6 cm³/mol. The highest BCUT2D eigenvalue weighted by Gasteiger charge is 2.19. The minimum atomic E-state index is -0.0313. The van der Waals surface area contributed by atoms with Crippen LogP contribution in [-0.4, -0.2) is 35.5 Å². The van der Waals surface area contributed by atoms with Gasteiger partial charge in [-0.05, 0) is 45.0 Å². The molecule has 1 aliphatic heterocycles. The summed E-state index contributed by atoms with van der Waals surface area (Å²) in [7, 11) is 0. The molecule has 0 radical (unpaired) electrons. The molecule has 1 fully saturated rings. The largest absolute Gasteiger partial charge is 0.317 e. The van der Waals surface area contributed by atoms with Crippen LogP contribution in [0.4, 0.5) is 5.13 Å². The number of nitrogens with zero attached hydrogens (tertiary/aromatic N) is 1. The lowest BCUT2D eigenvalue weighted by Crippen LogP contribution is -2.26. The van der Waals surface area contributed by atoms with Crippen LogP contribution in [0.5, 0.6) is 0 Å². The molecule has 0 aliphatic carbocycles. The minimum Gasteiger partial charge on any atom is -0.317 e. The molecule has 1 unspecified atom stereocenters. The van der Waals surface area contributed by atoms with Crippen LogP contribution in [0.15, 0.2) is 6.20 Å². The van der Waals surface area contributed by atoms with E-state index in [1.165, 1.54) is 4.88 Å². The lowest BCUT2D eigenvalue weighted by molar-refractivity contribution is -0.115. The van der Waals surface area contributed by atoms with Gasteiger partial charge in [-0.1, -0.05) is 0 Å². The number of hydrogen-bond donors (Lipinski definition) is 2. The number of carbonyl (C=O) groups is 1. The Morgan fingerprint density at radius 1 is 1.61 bits per heavy atom. The fourth-order valence-electron chi connectivity index (χ4n) is 1.95. The first kappa shape index (κ1) is 13.8. The predicted octanol–water partition coefficient (Wildman–Crippen LogP) is 2.30. The van der Waals surface area contributed by atoms with Crippen molar-refractivity contribution in [1.82, 2.24) is 10.3 Å². The molecule has 0 bridgehead atoms. The van der Waals surface area contributed by atoms with Crippen molar-refractivity contribution in [2.75, 3.05) is 24.7 Å². The summed E-state index contributed by atoms with van der Waals surface area (Å²) in [4.78, 5) is 17.4. The number of anilines is 1. The Morgan fingerprint density at radius 2 is 2.33 bits per heavy atom. The van der Waals surface area contributed by atoms with Gasteiger partial charge in [0.1, 0.15) is 0 Å². The van der Waals surface area contributed by atoms with E-state index < -0.39 is 0 Å². The lowest BCUT2D eigenvalue weighted by atomic mass is 9.97. The van der Waals surface area contributed by atoms with Crippen LogP contribution in [0.1, 0.15) is 30.6 Å². The van der Waals surface area contributed by atoms with Crippen LogP contribution >= 0.6 is 23.1 Å². The molecular formula is C12H19N3OS2. The van der Waals surface area contributed by atoms with Crippen molar-refractivity contribution < 1.29 is 4.79 Å². The zero-order chi connectivity index (χ0) is 13.0. The summed E-state index contributed by atoms with van der Waals surface area (Å²) in [6, 6.07) is 0. The Balaban J connectivity index is 1.95. The molecule has 1 aromatic rings. The van der Waals surface area contributed by atoms with Gasteiger partial charge in [0.2, 0.25) is 5.91 Å². The van der Waals surface area contributed by atoms with E-state index in [-0.39, 0.29) is 11.2 Å². The van der Waals surface area contributed by atoms with E-state index in [2.05, 4.69) is 15.6 Å². The van der Waals surface area contributed by atoms with Crippen LogP contribution in [0.2, 0.25) is 0 Å². The summed E-state index contributed by atoms with van der Waals surface area (Å²) in [5.41, 5.74) is 0. The molecule has 2 heterocycles. The average Bonchev–Trinajstić information content (AvgIpc) is 2.87. The van der Waals surface area contributed by atoms with Gasteiger partial charge < -0.3 is 10.6 Å². The second-order valence-corrected chi connectivity index (χ2v) is 6.70. The first-order chi connectivity index (χ1) is 8.70. The molecule has 4 nitrogen and oxygen atoms in total. The number of carbonyl (C=O) groups excluding carboxylic acids is 1. The summed E-state index contributed by atoms with van der Waals surface area (Å²) in [5, 5.41) is 6.94. The van der Waals surface area contributed by atoms with Crippen LogP contribution < -0.4 is 10.6 Å².